The highest BCUT2D eigenvalue weighted by Crippen LogP contribution is 2.28. The van der Waals surface area contributed by atoms with E-state index in [4.69, 9.17) is 11.6 Å². The molecule has 0 unspecified atom stereocenters. The van der Waals surface area contributed by atoms with Crippen LogP contribution in [-0.4, -0.2) is 24.9 Å². The summed E-state index contributed by atoms with van der Waals surface area (Å²) < 4.78 is 27.6. The molecule has 24 heavy (non-hydrogen) atoms. The molecule has 126 valence electrons. The van der Waals surface area contributed by atoms with Crippen LogP contribution in [0.25, 0.3) is 10.6 Å². The van der Waals surface area contributed by atoms with Gasteiger partial charge in [0.05, 0.1) is 10.0 Å². The highest BCUT2D eigenvalue weighted by Gasteiger charge is 2.17. The summed E-state index contributed by atoms with van der Waals surface area (Å²) in [6, 6.07) is 6.90. The maximum Gasteiger partial charge on any atom is 0.250 e. The van der Waals surface area contributed by atoms with Crippen molar-refractivity contribution in [1.29, 1.82) is 0 Å². The lowest BCUT2D eigenvalue weighted by Gasteiger charge is -2.03. The van der Waals surface area contributed by atoms with E-state index in [1.54, 1.807) is 29.8 Å². The van der Waals surface area contributed by atoms with Gasteiger partial charge in [-0.05, 0) is 37.6 Å². The molecule has 0 aliphatic heterocycles. The van der Waals surface area contributed by atoms with Crippen molar-refractivity contribution in [3.05, 3.63) is 51.6 Å². The highest BCUT2D eigenvalue weighted by atomic mass is 35.5. The summed E-state index contributed by atoms with van der Waals surface area (Å²) in [5, 5.41) is 0.915. The average molecular weight is 400 g/mol. The molecule has 3 aromatic rings. The third kappa shape index (κ3) is 4.01. The lowest BCUT2D eigenvalue weighted by Crippen LogP contribution is -2.25. The zero-order valence-corrected chi connectivity index (χ0v) is 15.9. The Kier molecular flexibility index (Phi) is 5.31. The summed E-state index contributed by atoms with van der Waals surface area (Å²) in [4.78, 5) is 9.62. The van der Waals surface area contributed by atoms with Crippen molar-refractivity contribution in [3.8, 4) is 10.6 Å². The molecule has 5 nitrogen and oxygen atoms in total. The second-order valence-corrected chi connectivity index (χ2v) is 9.76. The van der Waals surface area contributed by atoms with Crippen LogP contribution < -0.4 is 4.72 Å². The number of rotatable bonds is 6. The molecule has 0 atom stereocenters. The predicted molar refractivity (Wildman–Crippen MR) is 98.3 cm³/mol. The summed E-state index contributed by atoms with van der Waals surface area (Å²) in [6.45, 7) is 2.25. The number of aryl methyl sites for hydroxylation is 1. The summed E-state index contributed by atoms with van der Waals surface area (Å²) >= 11 is 8.41. The molecular weight excluding hydrogens is 386 g/mol. The number of nitrogens with one attached hydrogen (secondary N) is 1. The Balaban J connectivity index is 1.66. The van der Waals surface area contributed by atoms with Crippen molar-refractivity contribution in [1.82, 2.24) is 14.7 Å². The normalized spacial score (nSPS) is 11.8. The van der Waals surface area contributed by atoms with E-state index in [0.29, 0.717) is 17.3 Å². The molecule has 3 aromatic heterocycles. The number of hydrogen-bond donors (Lipinski definition) is 1. The molecule has 0 aliphatic carbocycles. The van der Waals surface area contributed by atoms with Crippen molar-refractivity contribution in [3.63, 3.8) is 0 Å². The molecule has 0 bridgehead atoms. The highest BCUT2D eigenvalue weighted by molar-refractivity contribution is 7.91. The maximum atomic E-state index is 12.2. The van der Waals surface area contributed by atoms with Crippen LogP contribution in [0.3, 0.4) is 0 Å². The van der Waals surface area contributed by atoms with Crippen molar-refractivity contribution in [2.45, 2.75) is 17.6 Å². The summed E-state index contributed by atoms with van der Waals surface area (Å²) in [6.07, 6.45) is 4.05. The quantitative estimate of drug-likeness (QED) is 0.685. The van der Waals surface area contributed by atoms with E-state index in [0.717, 1.165) is 32.5 Å². The third-order valence-corrected chi connectivity index (χ3v) is 7.73. The zero-order chi connectivity index (χ0) is 17.2. The van der Waals surface area contributed by atoms with Crippen LogP contribution in [0.4, 0.5) is 0 Å². The van der Waals surface area contributed by atoms with Crippen LogP contribution in [0.5, 0.6) is 0 Å². The lowest BCUT2D eigenvalue weighted by atomic mass is 10.3. The molecule has 0 aromatic carbocycles. The first-order valence-electron chi connectivity index (χ1n) is 7.07. The van der Waals surface area contributed by atoms with Gasteiger partial charge >= 0.3 is 0 Å². The fraction of sp³-hybridized carbons (Fsp3) is 0.200. The Morgan fingerprint density at radius 2 is 1.92 bits per heavy atom. The molecule has 0 spiro atoms. The Hall–Kier alpha value is -1.32. The number of hydrogen-bond acceptors (Lipinski definition) is 6. The van der Waals surface area contributed by atoms with Crippen LogP contribution in [0.1, 0.15) is 10.6 Å². The molecular formula is C15H14ClN3O2S3. The fourth-order valence-electron chi connectivity index (χ4n) is 2.09. The van der Waals surface area contributed by atoms with Gasteiger partial charge in [-0.3, -0.25) is 4.98 Å². The van der Waals surface area contributed by atoms with Crippen molar-refractivity contribution < 1.29 is 8.42 Å². The Bertz CT molecular complexity index is 936. The van der Waals surface area contributed by atoms with E-state index >= 15 is 0 Å². The van der Waals surface area contributed by atoms with E-state index in [1.165, 1.54) is 6.07 Å². The van der Waals surface area contributed by atoms with Crippen molar-refractivity contribution in [2.75, 3.05) is 6.54 Å². The van der Waals surface area contributed by atoms with E-state index in [2.05, 4.69) is 14.7 Å². The van der Waals surface area contributed by atoms with Crippen molar-refractivity contribution >= 4 is 44.3 Å². The molecule has 0 amide bonds. The minimum absolute atomic E-state index is 0.228. The van der Waals surface area contributed by atoms with Crippen molar-refractivity contribution in [2.24, 2.45) is 0 Å². The van der Waals surface area contributed by atoms with Crippen LogP contribution >= 0.6 is 34.3 Å². The molecule has 1 N–H and O–H groups in total. The van der Waals surface area contributed by atoms with Gasteiger partial charge in [0.25, 0.3) is 0 Å². The SMILES string of the molecule is Cc1nc(-c2ccncc2)sc1CCNS(=O)(=O)c1ccc(Cl)s1. The van der Waals surface area contributed by atoms with Gasteiger partial charge in [0.1, 0.15) is 9.22 Å². The van der Waals surface area contributed by atoms with Crippen LogP contribution in [0, 0.1) is 6.92 Å². The Labute approximate surface area is 153 Å². The second kappa shape index (κ2) is 7.28. The number of nitrogens with zero attached hydrogens (tertiary/aromatic N) is 2. The molecule has 0 aliphatic rings. The van der Waals surface area contributed by atoms with Gasteiger partial charge in [0.15, 0.2) is 0 Å². The topological polar surface area (TPSA) is 72.0 Å². The number of aromatic nitrogens is 2. The van der Waals surface area contributed by atoms with Gasteiger partial charge in [0, 0.05) is 29.4 Å². The van der Waals surface area contributed by atoms with Gasteiger partial charge in [-0.15, -0.1) is 22.7 Å². The number of pyridine rings is 1. The zero-order valence-electron chi connectivity index (χ0n) is 12.7. The molecule has 9 heteroatoms. The maximum absolute atomic E-state index is 12.2. The van der Waals surface area contributed by atoms with Gasteiger partial charge in [-0.2, -0.15) is 0 Å². The van der Waals surface area contributed by atoms with E-state index in [1.807, 2.05) is 19.1 Å². The van der Waals surface area contributed by atoms with E-state index in [-0.39, 0.29) is 4.21 Å². The smallest absolute Gasteiger partial charge is 0.250 e. The second-order valence-electron chi connectivity index (χ2n) is 4.97. The lowest BCUT2D eigenvalue weighted by molar-refractivity contribution is 0.584. The van der Waals surface area contributed by atoms with Gasteiger partial charge in [-0.25, -0.2) is 18.1 Å². The molecule has 3 rings (SSSR count). The number of sulfonamides is 1. The summed E-state index contributed by atoms with van der Waals surface area (Å²) in [5.41, 5.74) is 1.93. The first-order chi connectivity index (χ1) is 11.5. The number of thiophene rings is 1. The molecule has 0 fully saturated rings. The minimum atomic E-state index is -3.51. The Morgan fingerprint density at radius 3 is 2.58 bits per heavy atom. The van der Waals surface area contributed by atoms with Gasteiger partial charge in [0.2, 0.25) is 10.0 Å². The predicted octanol–water partition coefficient (Wildman–Crippen LogP) is 3.75. The number of halogens is 1. The molecule has 0 radical (unpaired) electrons. The Morgan fingerprint density at radius 1 is 1.17 bits per heavy atom. The van der Waals surface area contributed by atoms with Crippen LogP contribution in [0.15, 0.2) is 40.9 Å². The first kappa shape index (κ1) is 17.5. The third-order valence-electron chi connectivity index (χ3n) is 3.28. The first-order valence-corrected chi connectivity index (χ1v) is 10.6. The average Bonchev–Trinajstić information content (AvgIpc) is 3.15. The van der Waals surface area contributed by atoms with Crippen LogP contribution in [0.2, 0.25) is 4.34 Å². The number of thiazole rings is 1. The minimum Gasteiger partial charge on any atom is -0.265 e. The largest absolute Gasteiger partial charge is 0.265 e. The summed E-state index contributed by atoms with van der Waals surface area (Å²) in [7, 11) is -3.51. The van der Waals surface area contributed by atoms with E-state index in [9.17, 15) is 8.42 Å². The fourth-order valence-corrected chi connectivity index (χ4v) is 5.72. The monoisotopic (exact) mass is 399 g/mol. The molecule has 0 saturated carbocycles. The van der Waals surface area contributed by atoms with Gasteiger partial charge in [-0.1, -0.05) is 11.6 Å². The molecule has 0 saturated heterocycles. The summed E-state index contributed by atoms with van der Waals surface area (Å²) in [5.74, 6) is 0. The van der Waals surface area contributed by atoms with E-state index < -0.39 is 10.0 Å². The molecule has 3 heterocycles. The van der Waals surface area contributed by atoms with Gasteiger partial charge < -0.3 is 0 Å². The standard InChI is InChI=1S/C15H14ClN3O2S3/c1-10-12(22-15(19-10)11-4-7-17-8-5-11)6-9-18-24(20,21)14-3-2-13(16)23-14/h2-5,7-8,18H,6,9H2,1H3. The van der Waals surface area contributed by atoms with Crippen LogP contribution in [-0.2, 0) is 16.4 Å².